The van der Waals surface area contributed by atoms with E-state index in [4.69, 9.17) is 10.5 Å². The molecule has 0 spiro atoms. The van der Waals surface area contributed by atoms with Gasteiger partial charge in [0.05, 0.1) is 12.5 Å². The lowest BCUT2D eigenvalue weighted by atomic mass is 9.77. The van der Waals surface area contributed by atoms with Crippen LogP contribution in [0.2, 0.25) is 0 Å². The van der Waals surface area contributed by atoms with Gasteiger partial charge in [0.25, 0.3) is 0 Å². The van der Waals surface area contributed by atoms with E-state index in [0.29, 0.717) is 6.54 Å². The molecule has 0 bridgehead atoms. The van der Waals surface area contributed by atoms with E-state index in [-0.39, 0.29) is 5.91 Å². The highest BCUT2D eigenvalue weighted by molar-refractivity contribution is 5.88. The Morgan fingerprint density at radius 3 is 2.62 bits per heavy atom. The van der Waals surface area contributed by atoms with Gasteiger partial charge in [-0.05, 0) is 44.4 Å². The molecule has 0 atom stereocenters. The van der Waals surface area contributed by atoms with Gasteiger partial charge in [-0.3, -0.25) is 4.79 Å². The molecule has 0 aliphatic heterocycles. The highest BCUT2D eigenvalue weighted by atomic mass is 16.5. The van der Waals surface area contributed by atoms with Gasteiger partial charge < -0.3 is 15.8 Å². The van der Waals surface area contributed by atoms with Gasteiger partial charge in [-0.2, -0.15) is 0 Å². The standard InChI is InChI=1S/C17H26N2O2/c1-16(2,18)12-19-15(20)17(9-4-5-10-17)13-7-6-8-14(11-13)21-3/h6-8,11H,4-5,9-10,12,18H2,1-3H3,(H,19,20). The van der Waals surface area contributed by atoms with E-state index in [9.17, 15) is 4.79 Å². The Labute approximate surface area is 127 Å². The smallest absolute Gasteiger partial charge is 0.230 e. The summed E-state index contributed by atoms with van der Waals surface area (Å²) in [6, 6.07) is 7.88. The number of hydrogen-bond donors (Lipinski definition) is 2. The fourth-order valence-corrected chi connectivity index (χ4v) is 3.02. The van der Waals surface area contributed by atoms with Gasteiger partial charge in [-0.15, -0.1) is 0 Å². The molecule has 0 radical (unpaired) electrons. The van der Waals surface area contributed by atoms with Gasteiger partial charge in [0.2, 0.25) is 5.91 Å². The molecule has 21 heavy (non-hydrogen) atoms. The molecule has 0 aromatic heterocycles. The van der Waals surface area contributed by atoms with Crippen LogP contribution in [0.1, 0.15) is 45.1 Å². The maximum absolute atomic E-state index is 12.8. The predicted molar refractivity (Wildman–Crippen MR) is 84.4 cm³/mol. The largest absolute Gasteiger partial charge is 0.497 e. The molecule has 1 fully saturated rings. The molecule has 1 saturated carbocycles. The zero-order valence-corrected chi connectivity index (χ0v) is 13.2. The van der Waals surface area contributed by atoms with Crippen LogP contribution < -0.4 is 15.8 Å². The Kier molecular flexibility index (Phi) is 4.57. The summed E-state index contributed by atoms with van der Waals surface area (Å²) in [5.41, 5.74) is 6.19. The fraction of sp³-hybridized carbons (Fsp3) is 0.588. The SMILES string of the molecule is COc1cccc(C2(C(=O)NCC(C)(C)N)CCCC2)c1. The molecule has 4 heteroatoms. The third kappa shape index (κ3) is 3.56. The van der Waals surface area contributed by atoms with E-state index >= 15 is 0 Å². The van der Waals surface area contributed by atoms with Crippen LogP contribution in [-0.4, -0.2) is 25.1 Å². The van der Waals surface area contributed by atoms with Crippen molar-refractivity contribution in [2.45, 2.75) is 50.5 Å². The van der Waals surface area contributed by atoms with Crippen molar-refractivity contribution in [2.75, 3.05) is 13.7 Å². The van der Waals surface area contributed by atoms with Crippen molar-refractivity contribution in [2.24, 2.45) is 5.73 Å². The summed E-state index contributed by atoms with van der Waals surface area (Å²) in [4.78, 5) is 12.8. The molecule has 0 unspecified atom stereocenters. The first-order valence-electron chi connectivity index (χ1n) is 7.59. The third-order valence-corrected chi connectivity index (χ3v) is 4.22. The highest BCUT2D eigenvalue weighted by Gasteiger charge is 2.42. The number of carbonyl (C=O) groups excluding carboxylic acids is 1. The minimum atomic E-state index is -0.431. The molecule has 0 saturated heterocycles. The molecule has 4 nitrogen and oxygen atoms in total. The Bertz CT molecular complexity index is 500. The van der Waals surface area contributed by atoms with Crippen LogP contribution >= 0.6 is 0 Å². The summed E-state index contributed by atoms with van der Waals surface area (Å²) in [6.07, 6.45) is 3.93. The Morgan fingerprint density at radius 1 is 1.38 bits per heavy atom. The first kappa shape index (κ1) is 15.8. The van der Waals surface area contributed by atoms with Crippen LogP contribution in [0.25, 0.3) is 0 Å². The zero-order valence-electron chi connectivity index (χ0n) is 13.2. The average Bonchev–Trinajstić information content (AvgIpc) is 2.95. The summed E-state index contributed by atoms with van der Waals surface area (Å²) in [5.74, 6) is 0.887. The number of methoxy groups -OCH3 is 1. The van der Waals surface area contributed by atoms with E-state index < -0.39 is 11.0 Å². The van der Waals surface area contributed by atoms with Crippen LogP contribution in [-0.2, 0) is 10.2 Å². The Balaban J connectivity index is 2.25. The second-order valence-electron chi connectivity index (χ2n) is 6.69. The number of hydrogen-bond acceptors (Lipinski definition) is 3. The van der Waals surface area contributed by atoms with Crippen LogP contribution in [0.3, 0.4) is 0 Å². The fourth-order valence-electron chi connectivity index (χ4n) is 3.02. The van der Waals surface area contributed by atoms with Crippen molar-refractivity contribution in [1.82, 2.24) is 5.32 Å². The van der Waals surface area contributed by atoms with E-state index in [1.165, 1.54) is 0 Å². The quantitative estimate of drug-likeness (QED) is 0.875. The minimum absolute atomic E-state index is 0.0896. The first-order chi connectivity index (χ1) is 9.87. The number of carbonyl (C=O) groups is 1. The second-order valence-corrected chi connectivity index (χ2v) is 6.69. The number of nitrogens with one attached hydrogen (secondary N) is 1. The summed E-state index contributed by atoms with van der Waals surface area (Å²) in [5, 5.41) is 3.04. The molecule has 0 heterocycles. The molecule has 2 rings (SSSR count). The highest BCUT2D eigenvalue weighted by Crippen LogP contribution is 2.42. The lowest BCUT2D eigenvalue weighted by Gasteiger charge is -2.30. The van der Waals surface area contributed by atoms with Crippen LogP contribution in [0.5, 0.6) is 5.75 Å². The zero-order chi connectivity index (χ0) is 15.5. The maximum atomic E-state index is 12.8. The molecule has 3 N–H and O–H groups in total. The number of nitrogens with two attached hydrogens (primary N) is 1. The minimum Gasteiger partial charge on any atom is -0.497 e. The van der Waals surface area contributed by atoms with Gasteiger partial charge in [0.1, 0.15) is 5.75 Å². The monoisotopic (exact) mass is 290 g/mol. The van der Waals surface area contributed by atoms with Crippen LogP contribution in [0, 0.1) is 0 Å². The van der Waals surface area contributed by atoms with Crippen LogP contribution in [0.4, 0.5) is 0 Å². The average molecular weight is 290 g/mol. The number of benzene rings is 1. The van der Waals surface area contributed by atoms with Gasteiger partial charge >= 0.3 is 0 Å². The van der Waals surface area contributed by atoms with Crippen molar-refractivity contribution in [3.8, 4) is 5.75 Å². The molecule has 116 valence electrons. The molecule has 1 aromatic carbocycles. The number of ether oxygens (including phenoxy) is 1. The molecular weight excluding hydrogens is 264 g/mol. The summed E-state index contributed by atoms with van der Waals surface area (Å²) >= 11 is 0. The van der Waals surface area contributed by atoms with Crippen molar-refractivity contribution < 1.29 is 9.53 Å². The number of rotatable bonds is 5. The first-order valence-corrected chi connectivity index (χ1v) is 7.59. The van der Waals surface area contributed by atoms with E-state index in [0.717, 1.165) is 37.0 Å². The second kappa shape index (κ2) is 6.06. The van der Waals surface area contributed by atoms with Crippen molar-refractivity contribution in [3.05, 3.63) is 29.8 Å². The van der Waals surface area contributed by atoms with Gasteiger partial charge in [0.15, 0.2) is 0 Å². The van der Waals surface area contributed by atoms with E-state index in [1.54, 1.807) is 7.11 Å². The maximum Gasteiger partial charge on any atom is 0.230 e. The third-order valence-electron chi connectivity index (χ3n) is 4.22. The molecule has 1 aromatic rings. The molecular formula is C17H26N2O2. The van der Waals surface area contributed by atoms with Gasteiger partial charge in [-0.25, -0.2) is 0 Å². The predicted octanol–water partition coefficient (Wildman–Crippen LogP) is 2.36. The van der Waals surface area contributed by atoms with Crippen molar-refractivity contribution in [1.29, 1.82) is 0 Å². The summed E-state index contributed by atoms with van der Waals surface area (Å²) in [6.45, 7) is 4.32. The molecule has 1 aliphatic rings. The normalized spacial score (nSPS) is 17.5. The Hall–Kier alpha value is -1.55. The molecule has 1 aliphatic carbocycles. The Morgan fingerprint density at radius 2 is 2.05 bits per heavy atom. The van der Waals surface area contributed by atoms with Crippen molar-refractivity contribution in [3.63, 3.8) is 0 Å². The number of amides is 1. The summed E-state index contributed by atoms with van der Waals surface area (Å²) in [7, 11) is 1.65. The van der Waals surface area contributed by atoms with Gasteiger partial charge in [0, 0.05) is 12.1 Å². The van der Waals surface area contributed by atoms with E-state index in [2.05, 4.69) is 5.32 Å². The van der Waals surface area contributed by atoms with Crippen molar-refractivity contribution >= 4 is 5.91 Å². The summed E-state index contributed by atoms with van der Waals surface area (Å²) < 4.78 is 5.30. The van der Waals surface area contributed by atoms with Gasteiger partial charge in [-0.1, -0.05) is 25.0 Å². The topological polar surface area (TPSA) is 64.3 Å². The lowest BCUT2D eigenvalue weighted by molar-refractivity contribution is -0.126. The molecule has 1 amide bonds. The van der Waals surface area contributed by atoms with E-state index in [1.807, 2.05) is 38.1 Å². The van der Waals surface area contributed by atoms with Crippen LogP contribution in [0.15, 0.2) is 24.3 Å². The lowest BCUT2D eigenvalue weighted by Crippen LogP contribution is -2.50.